The van der Waals surface area contributed by atoms with E-state index in [-0.39, 0.29) is 44.4 Å². The van der Waals surface area contributed by atoms with E-state index in [9.17, 15) is 14.4 Å². The number of nitrogens with one attached hydrogen (secondary N) is 1. The van der Waals surface area contributed by atoms with Crippen LogP contribution in [0, 0.1) is 0 Å². The van der Waals surface area contributed by atoms with Crippen LogP contribution < -0.4 is 0 Å². The van der Waals surface area contributed by atoms with Crippen molar-refractivity contribution in [2.45, 2.75) is 45.6 Å². The molecule has 39 heavy (non-hydrogen) atoms. The van der Waals surface area contributed by atoms with Crippen LogP contribution in [0.4, 0.5) is 0 Å². The predicted octanol–water partition coefficient (Wildman–Crippen LogP) is 5.13. The third-order valence-corrected chi connectivity index (χ3v) is 6.79. The van der Waals surface area contributed by atoms with Gasteiger partial charge in [-0.1, -0.05) is 91.0 Å². The lowest BCUT2D eigenvalue weighted by atomic mass is 9.97. The first-order chi connectivity index (χ1) is 19.1. The number of esters is 2. The quantitative estimate of drug-likeness (QED) is 0.292. The molecule has 1 aromatic heterocycles. The number of hydrogen-bond acceptors (Lipinski definition) is 5. The van der Waals surface area contributed by atoms with E-state index in [1.165, 1.54) is 0 Å². The Labute approximate surface area is 227 Å². The Balaban J connectivity index is 1.32. The van der Waals surface area contributed by atoms with Gasteiger partial charge in [-0.25, -0.2) is 4.79 Å². The van der Waals surface area contributed by atoms with Crippen LogP contribution in [0.5, 0.6) is 0 Å². The summed E-state index contributed by atoms with van der Waals surface area (Å²) in [6, 6.07) is 28.7. The molecule has 4 aromatic rings. The molecular formula is C32H30N2O5. The molecule has 0 saturated heterocycles. The lowest BCUT2D eigenvalue weighted by Crippen LogP contribution is -2.35. The zero-order valence-corrected chi connectivity index (χ0v) is 21.6. The number of aromatic nitrogens is 1. The summed E-state index contributed by atoms with van der Waals surface area (Å²) in [5, 5.41) is 0. The highest BCUT2D eigenvalue weighted by Crippen LogP contribution is 2.29. The van der Waals surface area contributed by atoms with E-state index in [2.05, 4.69) is 4.98 Å². The van der Waals surface area contributed by atoms with Crippen molar-refractivity contribution in [1.29, 1.82) is 0 Å². The molecule has 1 amide bonds. The smallest absolute Gasteiger partial charge is 0.355 e. The summed E-state index contributed by atoms with van der Waals surface area (Å²) in [7, 11) is 0. The topological polar surface area (TPSA) is 88.7 Å². The Bertz CT molecular complexity index is 1430. The van der Waals surface area contributed by atoms with Crippen LogP contribution in [0.1, 0.15) is 50.4 Å². The first-order valence-corrected chi connectivity index (χ1v) is 13.0. The van der Waals surface area contributed by atoms with Crippen molar-refractivity contribution in [3.63, 3.8) is 0 Å². The first kappa shape index (κ1) is 26.0. The minimum absolute atomic E-state index is 0.0255. The van der Waals surface area contributed by atoms with Crippen LogP contribution in [0.25, 0.3) is 0 Å². The number of benzene rings is 3. The van der Waals surface area contributed by atoms with Gasteiger partial charge in [0.05, 0.1) is 13.0 Å². The molecule has 0 aliphatic carbocycles. The Hall–Kier alpha value is -4.65. The van der Waals surface area contributed by atoms with E-state index in [4.69, 9.17) is 9.47 Å². The van der Waals surface area contributed by atoms with Gasteiger partial charge in [0.15, 0.2) is 0 Å². The van der Waals surface area contributed by atoms with Crippen molar-refractivity contribution in [2.75, 3.05) is 0 Å². The normalized spacial score (nSPS) is 12.6. The standard InChI is InChI=1S/C32H30N2O5/c35-29-18-27-26(16-17-30(36)38-21-24-12-6-2-7-13-24)31(32(37)39-22-25-14-8-3-9-15-25)33-28(27)20-34(29)19-23-10-4-1-5-11-23/h1-15,33H,16-22H2. The Morgan fingerprint density at radius 1 is 0.769 bits per heavy atom. The van der Waals surface area contributed by atoms with Crippen molar-refractivity contribution in [3.8, 4) is 0 Å². The largest absolute Gasteiger partial charge is 0.461 e. The zero-order valence-electron chi connectivity index (χ0n) is 21.6. The van der Waals surface area contributed by atoms with Gasteiger partial charge < -0.3 is 19.4 Å². The SMILES string of the molecule is O=C(CCc1c(C(=O)OCc2ccccc2)[nH]c2c1CC(=O)N(Cc1ccccc1)C2)OCc1ccccc1. The van der Waals surface area contributed by atoms with Gasteiger partial charge in [-0.05, 0) is 34.2 Å². The second-order valence-corrected chi connectivity index (χ2v) is 9.56. The summed E-state index contributed by atoms with van der Waals surface area (Å²) < 4.78 is 11.0. The number of fused-ring (bicyclic) bond motifs is 1. The van der Waals surface area contributed by atoms with E-state index in [0.717, 1.165) is 27.9 Å². The molecule has 0 bridgehead atoms. The molecule has 1 aliphatic rings. The minimum Gasteiger partial charge on any atom is -0.461 e. The highest BCUT2D eigenvalue weighted by atomic mass is 16.5. The lowest BCUT2D eigenvalue weighted by molar-refractivity contribution is -0.144. The lowest BCUT2D eigenvalue weighted by Gasteiger charge is -2.27. The van der Waals surface area contributed by atoms with E-state index >= 15 is 0 Å². The van der Waals surface area contributed by atoms with Crippen molar-refractivity contribution in [2.24, 2.45) is 0 Å². The summed E-state index contributed by atoms with van der Waals surface area (Å²) in [5.74, 6) is -0.907. The molecule has 198 valence electrons. The number of carbonyl (C=O) groups excluding carboxylic acids is 3. The van der Waals surface area contributed by atoms with Gasteiger partial charge >= 0.3 is 11.9 Å². The number of carbonyl (C=O) groups is 3. The Morgan fingerprint density at radius 3 is 1.95 bits per heavy atom. The number of hydrogen-bond donors (Lipinski definition) is 1. The maximum atomic E-state index is 13.2. The number of aromatic amines is 1. The minimum atomic E-state index is -0.511. The number of ether oxygens (including phenoxy) is 2. The van der Waals surface area contributed by atoms with Gasteiger partial charge in [0.25, 0.3) is 0 Å². The van der Waals surface area contributed by atoms with Crippen molar-refractivity contribution < 1.29 is 23.9 Å². The van der Waals surface area contributed by atoms with Crippen molar-refractivity contribution in [1.82, 2.24) is 9.88 Å². The summed E-state index contributed by atoms with van der Waals surface area (Å²) in [4.78, 5) is 43.9. The maximum absolute atomic E-state index is 13.2. The third-order valence-electron chi connectivity index (χ3n) is 6.79. The molecule has 7 heteroatoms. The van der Waals surface area contributed by atoms with Gasteiger partial charge in [-0.2, -0.15) is 0 Å². The number of H-pyrrole nitrogens is 1. The summed E-state index contributed by atoms with van der Waals surface area (Å²) in [6.45, 7) is 1.14. The summed E-state index contributed by atoms with van der Waals surface area (Å²) in [6.07, 6.45) is 0.498. The van der Waals surface area contributed by atoms with Crippen LogP contribution in [-0.2, 0) is 58.2 Å². The summed E-state index contributed by atoms with van der Waals surface area (Å²) >= 11 is 0. The molecule has 1 aliphatic heterocycles. The molecule has 0 fully saturated rings. The van der Waals surface area contributed by atoms with E-state index in [1.54, 1.807) is 4.90 Å². The van der Waals surface area contributed by atoms with Crippen LogP contribution >= 0.6 is 0 Å². The fraction of sp³-hybridized carbons (Fsp3) is 0.219. The van der Waals surface area contributed by atoms with E-state index < -0.39 is 5.97 Å². The average Bonchev–Trinajstić information content (AvgIpc) is 3.32. The van der Waals surface area contributed by atoms with E-state index in [1.807, 2.05) is 91.0 Å². The van der Waals surface area contributed by atoms with Crippen LogP contribution in [-0.4, -0.2) is 27.7 Å². The van der Waals surface area contributed by atoms with Gasteiger partial charge in [-0.15, -0.1) is 0 Å². The number of nitrogens with zero attached hydrogens (tertiary/aromatic N) is 1. The van der Waals surface area contributed by atoms with Crippen LogP contribution in [0.2, 0.25) is 0 Å². The van der Waals surface area contributed by atoms with Crippen molar-refractivity contribution in [3.05, 3.63) is 130 Å². The van der Waals surface area contributed by atoms with Crippen LogP contribution in [0.3, 0.4) is 0 Å². The fourth-order valence-electron chi connectivity index (χ4n) is 4.76. The first-order valence-electron chi connectivity index (χ1n) is 13.0. The van der Waals surface area contributed by atoms with E-state index in [0.29, 0.717) is 24.3 Å². The average molecular weight is 523 g/mol. The zero-order chi connectivity index (χ0) is 27.0. The molecule has 0 radical (unpaired) electrons. The third kappa shape index (κ3) is 6.62. The second kappa shape index (κ2) is 12.3. The van der Waals surface area contributed by atoms with Crippen LogP contribution in [0.15, 0.2) is 91.0 Å². The molecule has 0 saturated carbocycles. The maximum Gasteiger partial charge on any atom is 0.355 e. The van der Waals surface area contributed by atoms with Gasteiger partial charge in [0, 0.05) is 18.7 Å². The number of amides is 1. The summed E-state index contributed by atoms with van der Waals surface area (Å²) in [5.41, 5.74) is 5.31. The fourth-order valence-corrected chi connectivity index (χ4v) is 4.76. The molecule has 5 rings (SSSR count). The Morgan fingerprint density at radius 2 is 1.33 bits per heavy atom. The molecule has 0 spiro atoms. The molecule has 7 nitrogen and oxygen atoms in total. The molecule has 0 unspecified atom stereocenters. The monoisotopic (exact) mass is 522 g/mol. The Kier molecular flexibility index (Phi) is 8.17. The molecule has 3 aromatic carbocycles. The van der Waals surface area contributed by atoms with Gasteiger partial charge in [0.1, 0.15) is 18.9 Å². The van der Waals surface area contributed by atoms with Gasteiger partial charge in [-0.3, -0.25) is 9.59 Å². The highest BCUT2D eigenvalue weighted by Gasteiger charge is 2.31. The molecule has 2 heterocycles. The number of rotatable bonds is 10. The molecule has 0 atom stereocenters. The predicted molar refractivity (Wildman–Crippen MR) is 145 cm³/mol. The van der Waals surface area contributed by atoms with Gasteiger partial charge in [0.2, 0.25) is 5.91 Å². The van der Waals surface area contributed by atoms with Crippen molar-refractivity contribution >= 4 is 17.8 Å². The highest BCUT2D eigenvalue weighted by molar-refractivity contribution is 5.92. The second-order valence-electron chi connectivity index (χ2n) is 9.56. The molecule has 1 N–H and O–H groups in total. The molecular weight excluding hydrogens is 492 g/mol.